The molecule has 1 rings (SSSR count). The van der Waals surface area contributed by atoms with Crippen LogP contribution in [0.15, 0.2) is 0 Å². The van der Waals surface area contributed by atoms with Crippen LogP contribution in [0.3, 0.4) is 0 Å². The molecule has 0 bridgehead atoms. The molecule has 0 aromatic carbocycles. The molecule has 100 valence electrons. The van der Waals surface area contributed by atoms with Gasteiger partial charge in [0, 0.05) is 11.6 Å². The molecule has 17 heavy (non-hydrogen) atoms. The highest BCUT2D eigenvalue weighted by Gasteiger charge is 2.26. The van der Waals surface area contributed by atoms with Crippen LogP contribution in [0, 0.1) is 0 Å². The Kier molecular flexibility index (Phi) is 4.55. The van der Waals surface area contributed by atoms with E-state index in [0.717, 1.165) is 25.7 Å². The fourth-order valence-electron chi connectivity index (χ4n) is 2.16. The number of rotatable bonds is 5. The Labute approximate surface area is 103 Å². The van der Waals surface area contributed by atoms with Gasteiger partial charge in [-0.05, 0) is 26.7 Å². The van der Waals surface area contributed by atoms with Gasteiger partial charge in [-0.1, -0.05) is 12.8 Å². The molecule has 1 aliphatic rings. The topological polar surface area (TPSA) is 89.3 Å². The number of carbonyl (C=O) groups is 1. The lowest BCUT2D eigenvalue weighted by Gasteiger charge is -2.18. The third-order valence-electron chi connectivity index (χ3n) is 2.66. The van der Waals surface area contributed by atoms with E-state index in [9.17, 15) is 13.2 Å². The molecule has 0 spiro atoms. The fraction of sp³-hybridized carbons (Fsp3) is 0.909. The maximum absolute atomic E-state index is 11.7. The van der Waals surface area contributed by atoms with Gasteiger partial charge in [0.25, 0.3) is 0 Å². The van der Waals surface area contributed by atoms with Gasteiger partial charge in [0.15, 0.2) is 9.84 Å². The van der Waals surface area contributed by atoms with Gasteiger partial charge in [0.05, 0.1) is 5.75 Å². The third kappa shape index (κ3) is 6.02. The summed E-state index contributed by atoms with van der Waals surface area (Å²) in [7, 11) is -3.42. The SMILES string of the molecule is CC(C)(N)CS(=O)(=O)CC(=O)NC1CCCC1. The van der Waals surface area contributed by atoms with Crippen LogP contribution < -0.4 is 11.1 Å². The van der Waals surface area contributed by atoms with E-state index >= 15 is 0 Å². The first-order chi connectivity index (χ1) is 7.68. The Bertz CT molecular complexity index is 365. The van der Waals surface area contributed by atoms with Gasteiger partial charge in [0.2, 0.25) is 5.91 Å². The Morgan fingerprint density at radius 3 is 2.35 bits per heavy atom. The van der Waals surface area contributed by atoms with Crippen LogP contribution in [0.2, 0.25) is 0 Å². The summed E-state index contributed by atoms with van der Waals surface area (Å²) in [6.07, 6.45) is 4.11. The molecule has 1 amide bonds. The molecule has 0 heterocycles. The van der Waals surface area contributed by atoms with E-state index < -0.39 is 27.0 Å². The second-order valence-corrected chi connectivity index (χ2v) is 7.63. The monoisotopic (exact) mass is 262 g/mol. The van der Waals surface area contributed by atoms with Crippen molar-refractivity contribution in [3.63, 3.8) is 0 Å². The molecule has 0 aromatic heterocycles. The molecule has 3 N–H and O–H groups in total. The number of nitrogens with one attached hydrogen (secondary N) is 1. The fourth-order valence-corrected chi connectivity index (χ4v) is 3.88. The standard InChI is InChI=1S/C11H22N2O3S/c1-11(2,12)8-17(15,16)7-10(14)13-9-5-3-4-6-9/h9H,3-8,12H2,1-2H3,(H,13,14). The second kappa shape index (κ2) is 5.35. The van der Waals surface area contributed by atoms with Crippen LogP contribution in [-0.4, -0.2) is 37.4 Å². The molecule has 6 heteroatoms. The normalized spacial score (nSPS) is 18.3. The van der Waals surface area contributed by atoms with Crippen LogP contribution in [0.4, 0.5) is 0 Å². The Hall–Kier alpha value is -0.620. The van der Waals surface area contributed by atoms with E-state index in [0.29, 0.717) is 0 Å². The van der Waals surface area contributed by atoms with Crippen molar-refractivity contribution in [2.45, 2.75) is 51.1 Å². The van der Waals surface area contributed by atoms with Gasteiger partial charge in [-0.2, -0.15) is 0 Å². The van der Waals surface area contributed by atoms with E-state index in [2.05, 4.69) is 5.32 Å². The molecule has 0 atom stereocenters. The van der Waals surface area contributed by atoms with E-state index in [1.54, 1.807) is 13.8 Å². The largest absolute Gasteiger partial charge is 0.352 e. The van der Waals surface area contributed by atoms with Gasteiger partial charge >= 0.3 is 0 Å². The molecular formula is C11H22N2O3S. The van der Waals surface area contributed by atoms with Crippen LogP contribution in [0.1, 0.15) is 39.5 Å². The van der Waals surface area contributed by atoms with Crippen molar-refractivity contribution in [3.05, 3.63) is 0 Å². The minimum atomic E-state index is -3.42. The van der Waals surface area contributed by atoms with Crippen LogP contribution in [0.25, 0.3) is 0 Å². The zero-order valence-electron chi connectivity index (χ0n) is 10.5. The summed E-state index contributed by atoms with van der Waals surface area (Å²) < 4.78 is 23.4. The molecule has 1 saturated carbocycles. The van der Waals surface area contributed by atoms with E-state index in [-0.39, 0.29) is 11.8 Å². The summed E-state index contributed by atoms with van der Waals surface area (Å²) in [5.41, 5.74) is 4.85. The number of sulfone groups is 1. The third-order valence-corrected chi connectivity index (χ3v) is 4.55. The van der Waals surface area contributed by atoms with Crippen molar-refractivity contribution in [1.29, 1.82) is 0 Å². The number of amides is 1. The zero-order valence-corrected chi connectivity index (χ0v) is 11.3. The Morgan fingerprint density at radius 2 is 1.88 bits per heavy atom. The number of hydrogen-bond acceptors (Lipinski definition) is 4. The molecule has 0 unspecified atom stereocenters. The summed E-state index contributed by atoms with van der Waals surface area (Å²) in [5.74, 6) is -1.02. The van der Waals surface area contributed by atoms with Crippen LogP contribution in [-0.2, 0) is 14.6 Å². The van der Waals surface area contributed by atoms with Gasteiger partial charge < -0.3 is 11.1 Å². The number of nitrogens with two attached hydrogens (primary N) is 1. The summed E-state index contributed by atoms with van der Waals surface area (Å²) >= 11 is 0. The maximum atomic E-state index is 11.7. The van der Waals surface area contributed by atoms with Gasteiger partial charge in [0.1, 0.15) is 5.75 Å². The first kappa shape index (κ1) is 14.4. The second-order valence-electron chi connectivity index (χ2n) is 5.57. The van der Waals surface area contributed by atoms with Gasteiger partial charge in [-0.15, -0.1) is 0 Å². The summed E-state index contributed by atoms with van der Waals surface area (Å²) in [6.45, 7) is 3.28. The highest BCUT2D eigenvalue weighted by molar-refractivity contribution is 7.92. The molecule has 0 radical (unpaired) electrons. The highest BCUT2D eigenvalue weighted by Crippen LogP contribution is 2.17. The molecule has 1 fully saturated rings. The van der Waals surface area contributed by atoms with Gasteiger partial charge in [-0.25, -0.2) is 8.42 Å². The minimum Gasteiger partial charge on any atom is -0.352 e. The predicted octanol–water partition coefficient (Wildman–Crippen LogP) is 0.197. The maximum Gasteiger partial charge on any atom is 0.235 e. The van der Waals surface area contributed by atoms with Crippen molar-refractivity contribution >= 4 is 15.7 Å². The first-order valence-corrected chi connectivity index (χ1v) is 7.79. The smallest absolute Gasteiger partial charge is 0.235 e. The highest BCUT2D eigenvalue weighted by atomic mass is 32.2. The Morgan fingerprint density at radius 1 is 1.35 bits per heavy atom. The van der Waals surface area contributed by atoms with Crippen LogP contribution >= 0.6 is 0 Å². The van der Waals surface area contributed by atoms with Gasteiger partial charge in [-0.3, -0.25) is 4.79 Å². The first-order valence-electron chi connectivity index (χ1n) is 5.97. The van der Waals surface area contributed by atoms with Crippen molar-refractivity contribution in [1.82, 2.24) is 5.32 Å². The molecule has 0 saturated heterocycles. The lowest BCUT2D eigenvalue weighted by molar-refractivity contribution is -0.119. The average molecular weight is 262 g/mol. The number of hydrogen-bond donors (Lipinski definition) is 2. The zero-order chi connectivity index (χ0) is 13.1. The Balaban J connectivity index is 2.44. The van der Waals surface area contributed by atoms with Crippen molar-refractivity contribution in [3.8, 4) is 0 Å². The van der Waals surface area contributed by atoms with Crippen molar-refractivity contribution in [2.24, 2.45) is 5.73 Å². The van der Waals surface area contributed by atoms with Crippen molar-refractivity contribution in [2.75, 3.05) is 11.5 Å². The molecule has 1 aliphatic carbocycles. The molecular weight excluding hydrogens is 240 g/mol. The van der Waals surface area contributed by atoms with Crippen molar-refractivity contribution < 1.29 is 13.2 Å². The quantitative estimate of drug-likeness (QED) is 0.740. The van der Waals surface area contributed by atoms with E-state index in [1.807, 2.05) is 0 Å². The molecule has 0 aromatic rings. The number of carbonyl (C=O) groups excluding carboxylic acids is 1. The summed E-state index contributed by atoms with van der Waals surface area (Å²) in [6, 6.07) is 0.156. The predicted molar refractivity (Wildman–Crippen MR) is 67.3 cm³/mol. The lowest BCUT2D eigenvalue weighted by atomic mass is 10.1. The van der Waals surface area contributed by atoms with Crippen LogP contribution in [0.5, 0.6) is 0 Å². The average Bonchev–Trinajstić information content (AvgIpc) is 2.49. The summed E-state index contributed by atoms with van der Waals surface area (Å²) in [4.78, 5) is 11.6. The molecule has 0 aliphatic heterocycles. The van der Waals surface area contributed by atoms with E-state index in [1.165, 1.54) is 0 Å². The van der Waals surface area contributed by atoms with E-state index in [4.69, 9.17) is 5.73 Å². The minimum absolute atomic E-state index is 0.156. The lowest BCUT2D eigenvalue weighted by Crippen LogP contribution is -2.44. The molecule has 5 nitrogen and oxygen atoms in total. The summed E-state index contributed by atoms with van der Waals surface area (Å²) in [5, 5.41) is 2.76.